The fourth-order valence-corrected chi connectivity index (χ4v) is 1.82. The number of hydrogen-bond donors (Lipinski definition) is 3. The summed E-state index contributed by atoms with van der Waals surface area (Å²) in [5, 5.41) is 9.36. The Morgan fingerprint density at radius 3 is 2.48 bits per heavy atom. The van der Waals surface area contributed by atoms with Crippen molar-refractivity contribution >= 4 is 17.6 Å². The zero-order chi connectivity index (χ0) is 17.1. The highest BCUT2D eigenvalue weighted by Gasteiger charge is 2.06. The van der Waals surface area contributed by atoms with Gasteiger partial charge in [0.2, 0.25) is 5.91 Å². The van der Waals surface area contributed by atoms with E-state index in [0.717, 1.165) is 36.8 Å². The maximum atomic E-state index is 11.6. The zero-order valence-corrected chi connectivity index (χ0v) is 14.5. The molecule has 6 nitrogen and oxygen atoms in total. The van der Waals surface area contributed by atoms with Crippen LogP contribution < -0.4 is 16.0 Å². The van der Waals surface area contributed by atoms with Crippen molar-refractivity contribution in [1.29, 1.82) is 0 Å². The van der Waals surface area contributed by atoms with Gasteiger partial charge in [0, 0.05) is 45.5 Å². The molecule has 0 saturated carbocycles. The molecule has 3 N–H and O–H groups in total. The van der Waals surface area contributed by atoms with E-state index >= 15 is 0 Å². The lowest BCUT2D eigenvalue weighted by atomic mass is 10.1. The van der Waals surface area contributed by atoms with E-state index in [9.17, 15) is 4.79 Å². The van der Waals surface area contributed by atoms with Crippen molar-refractivity contribution in [3.05, 3.63) is 29.8 Å². The normalized spacial score (nSPS) is 11.4. The van der Waals surface area contributed by atoms with Gasteiger partial charge in [-0.05, 0) is 24.1 Å². The van der Waals surface area contributed by atoms with Crippen molar-refractivity contribution in [3.63, 3.8) is 0 Å². The number of guanidine groups is 1. The number of methoxy groups -OCH3 is 1. The molecule has 1 amide bonds. The Kier molecular flexibility index (Phi) is 8.75. The van der Waals surface area contributed by atoms with E-state index in [1.54, 1.807) is 14.2 Å². The highest BCUT2D eigenvalue weighted by Crippen LogP contribution is 2.10. The molecule has 0 radical (unpaired) electrons. The smallest absolute Gasteiger partial charge is 0.226 e. The molecule has 0 aliphatic carbocycles. The number of rotatable bonds is 8. The zero-order valence-electron chi connectivity index (χ0n) is 14.5. The second kappa shape index (κ2) is 10.6. The minimum Gasteiger partial charge on any atom is -0.385 e. The number of anilines is 1. The van der Waals surface area contributed by atoms with Gasteiger partial charge in [0.1, 0.15) is 0 Å². The van der Waals surface area contributed by atoms with E-state index in [2.05, 4.69) is 20.9 Å². The van der Waals surface area contributed by atoms with E-state index in [4.69, 9.17) is 4.74 Å². The SMILES string of the molecule is CN=C(NCCCOC)NCc1ccc(NC(=O)C(C)C)cc1. The van der Waals surface area contributed by atoms with E-state index in [1.165, 1.54) is 0 Å². The van der Waals surface area contributed by atoms with Crippen molar-refractivity contribution in [1.82, 2.24) is 10.6 Å². The number of amides is 1. The summed E-state index contributed by atoms with van der Waals surface area (Å²) < 4.78 is 5.01. The minimum absolute atomic E-state index is 0.0242. The second-order valence-electron chi connectivity index (χ2n) is 5.54. The van der Waals surface area contributed by atoms with Gasteiger partial charge in [0.25, 0.3) is 0 Å². The lowest BCUT2D eigenvalue weighted by molar-refractivity contribution is -0.118. The van der Waals surface area contributed by atoms with Crippen LogP contribution in [0.5, 0.6) is 0 Å². The maximum absolute atomic E-state index is 11.6. The van der Waals surface area contributed by atoms with Gasteiger partial charge in [0.15, 0.2) is 5.96 Å². The third-order valence-electron chi connectivity index (χ3n) is 3.25. The predicted molar refractivity (Wildman–Crippen MR) is 94.6 cm³/mol. The molecule has 0 aliphatic heterocycles. The first kappa shape index (κ1) is 19.0. The molecule has 0 atom stereocenters. The lowest BCUT2D eigenvalue weighted by Gasteiger charge is -2.12. The molecule has 0 unspecified atom stereocenters. The molecule has 0 aliphatic rings. The van der Waals surface area contributed by atoms with Crippen LogP contribution in [0.1, 0.15) is 25.8 Å². The maximum Gasteiger partial charge on any atom is 0.226 e. The molecule has 6 heteroatoms. The summed E-state index contributed by atoms with van der Waals surface area (Å²) >= 11 is 0. The molecule has 0 spiro atoms. The first-order chi connectivity index (χ1) is 11.1. The van der Waals surface area contributed by atoms with Crippen LogP contribution in [-0.4, -0.2) is 39.2 Å². The van der Waals surface area contributed by atoms with Crippen LogP contribution in [0.2, 0.25) is 0 Å². The minimum atomic E-state index is -0.0242. The summed E-state index contributed by atoms with van der Waals surface area (Å²) in [4.78, 5) is 15.8. The Labute approximate surface area is 138 Å². The molecule has 0 heterocycles. The standard InChI is InChI=1S/C17H28N4O2/c1-13(2)16(22)21-15-8-6-14(7-9-15)12-20-17(18-3)19-10-5-11-23-4/h6-9,13H,5,10-12H2,1-4H3,(H,21,22)(H2,18,19,20). The molecule has 128 valence electrons. The van der Waals surface area contributed by atoms with E-state index in [1.807, 2.05) is 38.1 Å². The molecule has 0 aromatic heterocycles. The molecule has 23 heavy (non-hydrogen) atoms. The molecule has 1 aromatic rings. The number of hydrogen-bond acceptors (Lipinski definition) is 3. The number of nitrogens with zero attached hydrogens (tertiary/aromatic N) is 1. The van der Waals surface area contributed by atoms with Gasteiger partial charge in [-0.2, -0.15) is 0 Å². The van der Waals surface area contributed by atoms with Gasteiger partial charge in [-0.15, -0.1) is 0 Å². The fraction of sp³-hybridized carbons (Fsp3) is 0.529. The third kappa shape index (κ3) is 7.65. The van der Waals surface area contributed by atoms with Crippen molar-refractivity contribution < 1.29 is 9.53 Å². The highest BCUT2D eigenvalue weighted by atomic mass is 16.5. The Bertz CT molecular complexity index is 498. The Morgan fingerprint density at radius 2 is 1.91 bits per heavy atom. The van der Waals surface area contributed by atoms with Gasteiger partial charge in [-0.25, -0.2) is 0 Å². The first-order valence-corrected chi connectivity index (χ1v) is 7.90. The predicted octanol–water partition coefficient (Wildman–Crippen LogP) is 1.98. The van der Waals surface area contributed by atoms with Crippen LogP contribution in [-0.2, 0) is 16.1 Å². The number of carbonyl (C=O) groups excluding carboxylic acids is 1. The summed E-state index contributed by atoms with van der Waals surface area (Å²) in [5.41, 5.74) is 1.93. The number of benzene rings is 1. The quantitative estimate of drug-likeness (QED) is 0.389. The van der Waals surface area contributed by atoms with Gasteiger partial charge in [0.05, 0.1) is 0 Å². The molecule has 1 aromatic carbocycles. The average Bonchev–Trinajstić information content (AvgIpc) is 2.55. The summed E-state index contributed by atoms with van der Waals surface area (Å²) in [6, 6.07) is 7.79. The van der Waals surface area contributed by atoms with Crippen LogP contribution in [0.15, 0.2) is 29.3 Å². The largest absolute Gasteiger partial charge is 0.385 e. The van der Waals surface area contributed by atoms with Gasteiger partial charge in [-0.3, -0.25) is 9.79 Å². The monoisotopic (exact) mass is 320 g/mol. The van der Waals surface area contributed by atoms with Crippen LogP contribution in [0.4, 0.5) is 5.69 Å². The Morgan fingerprint density at radius 1 is 1.22 bits per heavy atom. The van der Waals surface area contributed by atoms with E-state index < -0.39 is 0 Å². The molecule has 0 saturated heterocycles. The Hall–Kier alpha value is -2.08. The van der Waals surface area contributed by atoms with Crippen molar-refractivity contribution in [2.24, 2.45) is 10.9 Å². The molecule has 1 rings (SSSR count). The van der Waals surface area contributed by atoms with Crippen LogP contribution in [0.25, 0.3) is 0 Å². The van der Waals surface area contributed by atoms with E-state index in [0.29, 0.717) is 6.54 Å². The molecular weight excluding hydrogens is 292 g/mol. The summed E-state index contributed by atoms with van der Waals surface area (Å²) in [6.45, 7) is 5.96. The van der Waals surface area contributed by atoms with Crippen molar-refractivity contribution in [2.45, 2.75) is 26.8 Å². The molecular formula is C17H28N4O2. The number of ether oxygens (including phenoxy) is 1. The number of carbonyl (C=O) groups is 1. The van der Waals surface area contributed by atoms with Crippen molar-refractivity contribution in [3.8, 4) is 0 Å². The number of aliphatic imine (C=N–C) groups is 1. The molecule has 0 bridgehead atoms. The van der Waals surface area contributed by atoms with Crippen LogP contribution in [0, 0.1) is 5.92 Å². The second-order valence-corrected chi connectivity index (χ2v) is 5.54. The number of nitrogens with one attached hydrogen (secondary N) is 3. The topological polar surface area (TPSA) is 74.8 Å². The lowest BCUT2D eigenvalue weighted by Crippen LogP contribution is -2.37. The summed E-state index contributed by atoms with van der Waals surface area (Å²) in [6.07, 6.45) is 0.932. The van der Waals surface area contributed by atoms with Gasteiger partial charge < -0.3 is 20.7 Å². The molecule has 0 fully saturated rings. The van der Waals surface area contributed by atoms with E-state index in [-0.39, 0.29) is 11.8 Å². The van der Waals surface area contributed by atoms with Crippen LogP contribution >= 0.6 is 0 Å². The van der Waals surface area contributed by atoms with Gasteiger partial charge >= 0.3 is 0 Å². The highest BCUT2D eigenvalue weighted by molar-refractivity contribution is 5.92. The van der Waals surface area contributed by atoms with Crippen LogP contribution in [0.3, 0.4) is 0 Å². The average molecular weight is 320 g/mol. The van der Waals surface area contributed by atoms with Gasteiger partial charge in [-0.1, -0.05) is 26.0 Å². The third-order valence-corrected chi connectivity index (χ3v) is 3.25. The summed E-state index contributed by atoms with van der Waals surface area (Å²) in [7, 11) is 3.44. The van der Waals surface area contributed by atoms with Crippen molar-refractivity contribution in [2.75, 3.05) is 32.6 Å². The first-order valence-electron chi connectivity index (χ1n) is 7.90. The fourth-order valence-electron chi connectivity index (χ4n) is 1.82. The summed E-state index contributed by atoms with van der Waals surface area (Å²) in [5.74, 6) is 0.763. The Balaban J connectivity index is 2.40.